The van der Waals surface area contributed by atoms with Crippen LogP contribution in [0.3, 0.4) is 0 Å². The van der Waals surface area contributed by atoms with E-state index in [0.717, 1.165) is 31.8 Å². The molecule has 6 heteroatoms. The number of hydrogen-bond acceptors (Lipinski definition) is 4. The molecule has 1 aromatic heterocycles. The van der Waals surface area contributed by atoms with Crippen LogP contribution < -0.4 is 5.32 Å². The molecule has 1 N–H and O–H groups in total. The van der Waals surface area contributed by atoms with Crippen molar-refractivity contribution in [3.05, 3.63) is 24.2 Å². The Hall–Kier alpha value is -1.04. The molecule has 5 nitrogen and oxygen atoms in total. The number of carbonyl (C=O) groups excluding carboxylic acids is 1. The molecule has 1 fully saturated rings. The highest BCUT2D eigenvalue weighted by Gasteiger charge is 2.16. The molecular formula is C13H21ClN2O3. The van der Waals surface area contributed by atoms with Gasteiger partial charge < -0.3 is 19.4 Å². The number of furan rings is 1. The van der Waals surface area contributed by atoms with Crippen LogP contribution in [-0.2, 0) is 16.1 Å². The lowest BCUT2D eigenvalue weighted by molar-refractivity contribution is -0.129. The van der Waals surface area contributed by atoms with Crippen molar-refractivity contribution in [2.24, 2.45) is 0 Å². The number of hydrogen-bond donors (Lipinski definition) is 1. The molecule has 1 aliphatic heterocycles. The molecule has 0 aromatic carbocycles. The summed E-state index contributed by atoms with van der Waals surface area (Å²) < 4.78 is 10.7. The van der Waals surface area contributed by atoms with Crippen LogP contribution in [0.4, 0.5) is 0 Å². The van der Waals surface area contributed by atoms with Gasteiger partial charge in [-0.25, -0.2) is 0 Å². The second-order valence-electron chi connectivity index (χ2n) is 4.60. The monoisotopic (exact) mass is 288 g/mol. The van der Waals surface area contributed by atoms with E-state index in [9.17, 15) is 4.79 Å². The van der Waals surface area contributed by atoms with Crippen LogP contribution in [0.1, 0.15) is 18.6 Å². The molecule has 1 saturated heterocycles. The predicted octanol–water partition coefficient (Wildman–Crippen LogP) is 1.43. The highest BCUT2D eigenvalue weighted by Crippen LogP contribution is 2.10. The van der Waals surface area contributed by atoms with Gasteiger partial charge >= 0.3 is 0 Å². The van der Waals surface area contributed by atoms with Crippen LogP contribution in [0.2, 0.25) is 0 Å². The summed E-state index contributed by atoms with van der Waals surface area (Å²) in [5, 5.41) is 3.14. The second-order valence-corrected chi connectivity index (χ2v) is 4.60. The van der Waals surface area contributed by atoms with Crippen LogP contribution in [-0.4, -0.2) is 43.7 Å². The van der Waals surface area contributed by atoms with Gasteiger partial charge in [0, 0.05) is 20.2 Å². The first-order valence-corrected chi connectivity index (χ1v) is 6.34. The van der Waals surface area contributed by atoms with Crippen molar-refractivity contribution in [2.45, 2.75) is 25.5 Å². The summed E-state index contributed by atoms with van der Waals surface area (Å²) in [6, 6.07) is 3.69. The third-order valence-electron chi connectivity index (χ3n) is 3.07. The van der Waals surface area contributed by atoms with E-state index < -0.39 is 0 Å². The first-order chi connectivity index (χ1) is 8.75. The van der Waals surface area contributed by atoms with Crippen molar-refractivity contribution < 1.29 is 13.9 Å². The molecule has 1 atom stereocenters. The molecule has 1 amide bonds. The van der Waals surface area contributed by atoms with E-state index in [0.29, 0.717) is 13.1 Å². The summed E-state index contributed by atoms with van der Waals surface area (Å²) >= 11 is 0. The maximum absolute atomic E-state index is 11.8. The van der Waals surface area contributed by atoms with Gasteiger partial charge in [0.25, 0.3) is 0 Å². The fourth-order valence-electron chi connectivity index (χ4n) is 2.00. The lowest BCUT2D eigenvalue weighted by atomic mass is 10.2. The molecule has 0 spiro atoms. The number of amides is 1. The zero-order valence-electron chi connectivity index (χ0n) is 11.1. The summed E-state index contributed by atoms with van der Waals surface area (Å²) in [7, 11) is 1.78. The summed E-state index contributed by atoms with van der Waals surface area (Å²) in [5.74, 6) is 0.856. The van der Waals surface area contributed by atoms with E-state index in [-0.39, 0.29) is 24.4 Å². The Labute approximate surface area is 119 Å². The normalized spacial score (nSPS) is 18.1. The highest BCUT2D eigenvalue weighted by molar-refractivity contribution is 5.85. The van der Waals surface area contributed by atoms with Gasteiger partial charge in [-0.3, -0.25) is 4.79 Å². The Kier molecular flexibility index (Phi) is 6.91. The average molecular weight is 289 g/mol. The molecule has 0 aliphatic carbocycles. The van der Waals surface area contributed by atoms with Crippen molar-refractivity contribution in [3.63, 3.8) is 0 Å². The summed E-state index contributed by atoms with van der Waals surface area (Å²) in [4.78, 5) is 13.5. The molecule has 1 aromatic rings. The lowest BCUT2D eigenvalue weighted by Gasteiger charge is -2.17. The number of carbonyl (C=O) groups is 1. The molecule has 0 radical (unpaired) electrons. The van der Waals surface area contributed by atoms with Crippen molar-refractivity contribution in [3.8, 4) is 0 Å². The molecule has 2 heterocycles. The third-order valence-corrected chi connectivity index (χ3v) is 3.07. The van der Waals surface area contributed by atoms with E-state index >= 15 is 0 Å². The zero-order valence-corrected chi connectivity index (χ0v) is 11.9. The molecular weight excluding hydrogens is 268 g/mol. The molecule has 1 aliphatic rings. The van der Waals surface area contributed by atoms with E-state index in [1.54, 1.807) is 18.2 Å². The summed E-state index contributed by atoms with van der Waals surface area (Å²) in [5.41, 5.74) is 0. The number of halogens is 1. The summed E-state index contributed by atoms with van der Waals surface area (Å²) in [6.07, 6.45) is 4.10. The van der Waals surface area contributed by atoms with Gasteiger partial charge in [-0.05, 0) is 25.0 Å². The molecule has 2 rings (SSSR count). The Morgan fingerprint density at radius 3 is 3.05 bits per heavy atom. The fourth-order valence-corrected chi connectivity index (χ4v) is 2.00. The minimum atomic E-state index is 0. The fraction of sp³-hybridized carbons (Fsp3) is 0.615. The number of ether oxygens (including phenoxy) is 1. The smallest absolute Gasteiger partial charge is 0.236 e. The van der Waals surface area contributed by atoms with Gasteiger partial charge in [0.2, 0.25) is 5.91 Å². The van der Waals surface area contributed by atoms with Crippen LogP contribution in [0.15, 0.2) is 22.8 Å². The van der Waals surface area contributed by atoms with Gasteiger partial charge in [-0.2, -0.15) is 0 Å². The van der Waals surface area contributed by atoms with Crippen LogP contribution in [0.5, 0.6) is 0 Å². The maximum atomic E-state index is 11.8. The predicted molar refractivity (Wildman–Crippen MR) is 74.3 cm³/mol. The Bertz CT molecular complexity index is 364. The quantitative estimate of drug-likeness (QED) is 0.860. The minimum absolute atomic E-state index is 0. The maximum Gasteiger partial charge on any atom is 0.236 e. The van der Waals surface area contributed by atoms with E-state index in [2.05, 4.69) is 5.32 Å². The number of nitrogens with one attached hydrogen (secondary N) is 1. The Balaban J connectivity index is 0.00000180. The topological polar surface area (TPSA) is 54.7 Å². The highest BCUT2D eigenvalue weighted by atomic mass is 35.5. The second kappa shape index (κ2) is 8.19. The van der Waals surface area contributed by atoms with Crippen LogP contribution in [0.25, 0.3) is 0 Å². The van der Waals surface area contributed by atoms with Gasteiger partial charge in [0.15, 0.2) is 0 Å². The van der Waals surface area contributed by atoms with Crippen LogP contribution in [0, 0.1) is 0 Å². The van der Waals surface area contributed by atoms with Crippen molar-refractivity contribution in [2.75, 3.05) is 26.7 Å². The Morgan fingerprint density at radius 2 is 2.42 bits per heavy atom. The van der Waals surface area contributed by atoms with Crippen molar-refractivity contribution in [1.82, 2.24) is 10.2 Å². The van der Waals surface area contributed by atoms with Crippen molar-refractivity contribution >= 4 is 18.3 Å². The zero-order chi connectivity index (χ0) is 12.8. The van der Waals surface area contributed by atoms with Crippen LogP contribution >= 0.6 is 12.4 Å². The van der Waals surface area contributed by atoms with E-state index in [1.807, 2.05) is 12.1 Å². The number of rotatable bonds is 6. The number of nitrogens with zero attached hydrogens (tertiary/aromatic N) is 1. The standard InChI is InChI=1S/C13H20N2O3.ClH/c1-15(10-12-5-3-7-18-12)13(16)9-14-8-11-4-2-6-17-11;/h3,5,7,11,14H,2,4,6,8-10H2,1H3;1H. The summed E-state index contributed by atoms with van der Waals surface area (Å²) in [6.45, 7) is 2.45. The molecule has 0 bridgehead atoms. The Morgan fingerprint density at radius 1 is 1.58 bits per heavy atom. The lowest BCUT2D eigenvalue weighted by Crippen LogP contribution is -2.37. The largest absolute Gasteiger partial charge is 0.467 e. The third kappa shape index (κ3) is 5.22. The number of likely N-dealkylation sites (N-methyl/N-ethyl adjacent to an activating group) is 1. The van der Waals surface area contributed by atoms with Crippen molar-refractivity contribution in [1.29, 1.82) is 0 Å². The van der Waals surface area contributed by atoms with Gasteiger partial charge in [0.1, 0.15) is 5.76 Å². The SMILES string of the molecule is CN(Cc1ccco1)C(=O)CNCC1CCCO1.Cl. The first kappa shape index (κ1) is 16.0. The van der Waals surface area contributed by atoms with Gasteiger partial charge in [-0.1, -0.05) is 0 Å². The molecule has 108 valence electrons. The average Bonchev–Trinajstić information content (AvgIpc) is 3.01. The van der Waals surface area contributed by atoms with E-state index in [4.69, 9.17) is 9.15 Å². The molecule has 1 unspecified atom stereocenters. The molecule has 0 saturated carbocycles. The van der Waals surface area contributed by atoms with E-state index in [1.165, 1.54) is 0 Å². The molecule has 19 heavy (non-hydrogen) atoms. The first-order valence-electron chi connectivity index (χ1n) is 6.34. The minimum Gasteiger partial charge on any atom is -0.467 e. The van der Waals surface area contributed by atoms with Gasteiger partial charge in [0.05, 0.1) is 25.5 Å². The van der Waals surface area contributed by atoms with Gasteiger partial charge in [-0.15, -0.1) is 12.4 Å².